The number of esters is 1. The maximum atomic E-state index is 13.2. The third-order valence-electron chi connectivity index (χ3n) is 6.97. The van der Waals surface area contributed by atoms with Crippen LogP contribution in [0.25, 0.3) is 6.08 Å². The number of aliphatic hydroxyl groups excluding tert-OH is 2. The lowest BCUT2D eigenvalue weighted by Crippen LogP contribution is -2.45. The van der Waals surface area contributed by atoms with Gasteiger partial charge in [-0.2, -0.15) is 0 Å². The quantitative estimate of drug-likeness (QED) is 0.534. The summed E-state index contributed by atoms with van der Waals surface area (Å²) in [7, 11) is 0. The molecule has 2 rings (SSSR count). The van der Waals surface area contributed by atoms with Gasteiger partial charge in [-0.15, -0.1) is 11.3 Å². The van der Waals surface area contributed by atoms with Crippen LogP contribution in [0.15, 0.2) is 34.8 Å². The lowest BCUT2D eigenvalue weighted by atomic mass is 9.73. The lowest BCUT2D eigenvalue weighted by molar-refractivity contribution is -0.154. The molecule has 0 spiro atoms. The minimum Gasteiger partial charge on any atom is -0.457 e. The summed E-state index contributed by atoms with van der Waals surface area (Å²) in [5, 5.41) is 24.6. The number of aliphatic hydroxyl groups is 2. The number of thiazole rings is 1. The first-order valence-electron chi connectivity index (χ1n) is 12.4. The van der Waals surface area contributed by atoms with Gasteiger partial charge in [0, 0.05) is 17.7 Å². The van der Waals surface area contributed by atoms with Crippen LogP contribution in [0, 0.1) is 24.2 Å². The number of Topliss-reactive ketones (excluding diaryl/α,β-unsaturated/α-hetero) is 1. The van der Waals surface area contributed by atoms with Crippen LogP contribution in [0.1, 0.15) is 77.9 Å². The fourth-order valence-corrected chi connectivity index (χ4v) is 4.85. The number of carbonyl (C=O) groups excluding carboxylic acids is 2. The van der Waals surface area contributed by atoms with Gasteiger partial charge in [0.1, 0.15) is 11.9 Å². The van der Waals surface area contributed by atoms with Crippen molar-refractivity contribution in [3.8, 4) is 0 Å². The highest BCUT2D eigenvalue weighted by atomic mass is 32.1. The number of ether oxygens (including phenoxy) is 1. The van der Waals surface area contributed by atoms with E-state index in [2.05, 4.69) is 18.0 Å². The average molecular weight is 504 g/mol. The van der Waals surface area contributed by atoms with Crippen LogP contribution in [-0.4, -0.2) is 45.3 Å². The van der Waals surface area contributed by atoms with Crippen molar-refractivity contribution in [3.63, 3.8) is 0 Å². The van der Waals surface area contributed by atoms with E-state index in [1.165, 1.54) is 0 Å². The van der Waals surface area contributed by atoms with Crippen LogP contribution in [0.5, 0.6) is 0 Å². The molecule has 35 heavy (non-hydrogen) atoms. The molecule has 1 aromatic rings. The summed E-state index contributed by atoms with van der Waals surface area (Å²) >= 11 is 1.56. The van der Waals surface area contributed by atoms with Crippen molar-refractivity contribution in [2.75, 3.05) is 0 Å². The molecule has 1 unspecified atom stereocenters. The van der Waals surface area contributed by atoms with Crippen molar-refractivity contribution in [3.05, 3.63) is 45.5 Å². The number of cyclic esters (lactones) is 1. The van der Waals surface area contributed by atoms with E-state index in [1.54, 1.807) is 32.1 Å². The number of hydrogen-bond donors (Lipinski definition) is 2. The van der Waals surface area contributed by atoms with Crippen molar-refractivity contribution in [2.24, 2.45) is 17.3 Å². The molecule has 0 fully saturated rings. The van der Waals surface area contributed by atoms with Gasteiger partial charge in [0.25, 0.3) is 0 Å². The molecule has 0 radical (unpaired) electrons. The number of aromatic nitrogens is 1. The largest absolute Gasteiger partial charge is 0.457 e. The maximum Gasteiger partial charge on any atom is 0.309 e. The van der Waals surface area contributed by atoms with Gasteiger partial charge in [0.15, 0.2) is 0 Å². The second kappa shape index (κ2) is 12.7. The Morgan fingerprint density at radius 1 is 1.26 bits per heavy atom. The molecule has 0 amide bonds. The Bertz CT molecular complexity index is 974. The number of aryl methyl sites for hydroxylation is 1. The second-order valence-electron chi connectivity index (χ2n) is 10.2. The van der Waals surface area contributed by atoms with Crippen molar-refractivity contribution in [2.45, 2.75) is 92.5 Å². The zero-order valence-corrected chi connectivity index (χ0v) is 22.9. The van der Waals surface area contributed by atoms with Crippen LogP contribution >= 0.6 is 11.3 Å². The molecule has 194 valence electrons. The fourth-order valence-electron chi connectivity index (χ4n) is 4.28. The summed E-state index contributed by atoms with van der Waals surface area (Å²) < 4.78 is 5.83. The SMILES string of the molecule is CCC1=C/CC(/C(C)=C/c2csc(C)n2)OC(=O)C[C@H](O)C(C)(C)C(=O)[C@H](C)[C@@H](O)[C@@H](C)C\C=C\1. The molecule has 0 saturated carbocycles. The highest BCUT2D eigenvalue weighted by Crippen LogP contribution is 2.32. The molecule has 1 aliphatic rings. The number of nitrogens with zero attached hydrogens (tertiary/aromatic N) is 1. The van der Waals surface area contributed by atoms with Crippen LogP contribution in [0.4, 0.5) is 0 Å². The zero-order valence-electron chi connectivity index (χ0n) is 22.1. The molecule has 0 bridgehead atoms. The number of allylic oxidation sites excluding steroid dienone is 3. The molecule has 0 aromatic carbocycles. The molecule has 2 N–H and O–H groups in total. The van der Waals surface area contributed by atoms with Crippen molar-refractivity contribution >= 4 is 29.2 Å². The van der Waals surface area contributed by atoms with Gasteiger partial charge < -0.3 is 14.9 Å². The maximum absolute atomic E-state index is 13.2. The number of rotatable bonds is 3. The first kappa shape index (κ1) is 29.1. The zero-order chi connectivity index (χ0) is 26.3. The Kier molecular flexibility index (Phi) is 10.6. The molecule has 1 aliphatic heterocycles. The number of ketones is 1. The van der Waals surface area contributed by atoms with Gasteiger partial charge in [-0.25, -0.2) is 4.98 Å². The predicted octanol–water partition coefficient (Wildman–Crippen LogP) is 5.43. The Labute approximate surface area is 213 Å². The fraction of sp³-hybridized carbons (Fsp3) is 0.607. The van der Waals surface area contributed by atoms with Gasteiger partial charge in [0.05, 0.1) is 34.7 Å². The highest BCUT2D eigenvalue weighted by molar-refractivity contribution is 7.09. The lowest BCUT2D eigenvalue weighted by Gasteiger charge is -2.34. The van der Waals surface area contributed by atoms with Gasteiger partial charge >= 0.3 is 5.97 Å². The summed E-state index contributed by atoms with van der Waals surface area (Å²) in [6.07, 6.45) is 7.07. The first-order chi connectivity index (χ1) is 16.4. The molecule has 6 nitrogen and oxygen atoms in total. The standard InChI is InChI=1S/C28H41NO5S/c1-8-21-11-9-10-17(2)26(32)19(4)27(33)28(6,7)24(30)15-25(31)34-23(13-12-21)18(3)14-22-16-35-20(5)29-22/h9,11-12,14,16-17,19,23-24,26,30,32H,8,10,13,15H2,1-7H3/b11-9+,18-14+,21-12-/t17-,19+,23?,24-,26-/m0/s1. The summed E-state index contributed by atoms with van der Waals surface area (Å²) in [6, 6.07) is 0. The second-order valence-corrected chi connectivity index (χ2v) is 11.3. The minimum atomic E-state index is -1.23. The molecule has 0 saturated heterocycles. The van der Waals surface area contributed by atoms with Crippen LogP contribution < -0.4 is 0 Å². The van der Waals surface area contributed by atoms with Crippen LogP contribution in [0.3, 0.4) is 0 Å². The summed E-state index contributed by atoms with van der Waals surface area (Å²) in [4.78, 5) is 30.6. The predicted molar refractivity (Wildman–Crippen MR) is 141 cm³/mol. The van der Waals surface area contributed by atoms with E-state index >= 15 is 0 Å². The number of carbonyl (C=O) groups is 2. The average Bonchev–Trinajstić information content (AvgIpc) is 3.21. The normalized spacial score (nSPS) is 32.0. The van der Waals surface area contributed by atoms with Gasteiger partial charge in [-0.05, 0) is 44.3 Å². The van der Waals surface area contributed by atoms with E-state index < -0.39 is 35.6 Å². The Morgan fingerprint density at radius 3 is 2.54 bits per heavy atom. The molecule has 5 atom stereocenters. The topological polar surface area (TPSA) is 96.7 Å². The monoisotopic (exact) mass is 503 g/mol. The summed E-state index contributed by atoms with van der Waals surface area (Å²) in [5.41, 5.74) is 1.57. The van der Waals surface area contributed by atoms with Gasteiger partial charge in [-0.1, -0.05) is 58.4 Å². The van der Waals surface area contributed by atoms with Crippen LogP contribution in [0.2, 0.25) is 0 Å². The summed E-state index contributed by atoms with van der Waals surface area (Å²) in [5.74, 6) is -1.64. The van der Waals surface area contributed by atoms with Crippen molar-refractivity contribution in [1.82, 2.24) is 4.98 Å². The highest BCUT2D eigenvalue weighted by Gasteiger charge is 2.42. The molecular formula is C28H41NO5S. The Hall–Kier alpha value is -2.09. The van der Waals surface area contributed by atoms with E-state index in [-0.39, 0.29) is 18.1 Å². The molecule has 1 aromatic heterocycles. The van der Waals surface area contributed by atoms with E-state index in [0.29, 0.717) is 12.8 Å². The smallest absolute Gasteiger partial charge is 0.309 e. The Balaban J connectivity index is 2.41. The molecule has 0 aliphatic carbocycles. The van der Waals surface area contributed by atoms with Crippen molar-refractivity contribution in [1.29, 1.82) is 0 Å². The van der Waals surface area contributed by atoms with Gasteiger partial charge in [-0.3, -0.25) is 9.59 Å². The van der Waals surface area contributed by atoms with Crippen LogP contribution in [-0.2, 0) is 14.3 Å². The van der Waals surface area contributed by atoms with E-state index in [9.17, 15) is 19.8 Å². The Morgan fingerprint density at radius 2 is 1.94 bits per heavy atom. The third-order valence-corrected chi connectivity index (χ3v) is 7.76. The first-order valence-corrected chi connectivity index (χ1v) is 13.3. The van der Waals surface area contributed by atoms with Gasteiger partial charge in [0.2, 0.25) is 0 Å². The molecular weight excluding hydrogens is 462 g/mol. The van der Waals surface area contributed by atoms with Crippen molar-refractivity contribution < 1.29 is 24.5 Å². The number of hydrogen-bond acceptors (Lipinski definition) is 7. The third kappa shape index (κ3) is 7.95. The minimum absolute atomic E-state index is 0.131. The van der Waals surface area contributed by atoms with E-state index in [1.807, 2.05) is 44.4 Å². The van der Waals surface area contributed by atoms with E-state index in [0.717, 1.165) is 28.3 Å². The molecule has 2 heterocycles. The summed E-state index contributed by atoms with van der Waals surface area (Å²) in [6.45, 7) is 12.8. The van der Waals surface area contributed by atoms with E-state index in [4.69, 9.17) is 4.74 Å². The molecule has 7 heteroatoms.